The molecule has 0 saturated carbocycles. The molecule has 0 unspecified atom stereocenters. The SMILES string of the molecule is CC(C)(NS(=O)(=O)c1cccc(NN)c1[N+](=O)[O-])C(N)=O. The van der Waals surface area contributed by atoms with Gasteiger partial charge in [0.25, 0.3) is 0 Å². The van der Waals surface area contributed by atoms with Crippen molar-refractivity contribution in [2.75, 3.05) is 5.43 Å². The summed E-state index contributed by atoms with van der Waals surface area (Å²) in [7, 11) is -4.36. The zero-order chi connectivity index (χ0) is 16.4. The molecule has 1 aromatic rings. The summed E-state index contributed by atoms with van der Waals surface area (Å²) in [5, 5.41) is 11.1. The van der Waals surface area contributed by atoms with Crippen molar-refractivity contribution in [2.45, 2.75) is 24.3 Å². The van der Waals surface area contributed by atoms with Gasteiger partial charge in [-0.1, -0.05) is 6.07 Å². The second kappa shape index (κ2) is 5.63. The van der Waals surface area contributed by atoms with Crippen LogP contribution in [0.4, 0.5) is 11.4 Å². The van der Waals surface area contributed by atoms with Gasteiger partial charge in [-0.25, -0.2) is 8.42 Å². The number of carbonyl (C=O) groups excluding carboxylic acids is 1. The molecule has 10 nitrogen and oxygen atoms in total. The molecule has 0 aliphatic rings. The highest BCUT2D eigenvalue weighted by Gasteiger charge is 2.36. The highest BCUT2D eigenvalue weighted by atomic mass is 32.2. The Hall–Kier alpha value is -2.24. The van der Waals surface area contributed by atoms with E-state index in [1.165, 1.54) is 26.0 Å². The van der Waals surface area contributed by atoms with Crippen molar-refractivity contribution in [3.63, 3.8) is 0 Å². The Morgan fingerprint density at radius 3 is 2.38 bits per heavy atom. The molecule has 1 rings (SSSR count). The van der Waals surface area contributed by atoms with E-state index >= 15 is 0 Å². The van der Waals surface area contributed by atoms with Gasteiger partial charge in [0, 0.05) is 0 Å². The summed E-state index contributed by atoms with van der Waals surface area (Å²) in [5.41, 5.74) is 4.60. The summed E-state index contributed by atoms with van der Waals surface area (Å²) in [4.78, 5) is 20.8. The highest BCUT2D eigenvalue weighted by Crippen LogP contribution is 2.31. The topological polar surface area (TPSA) is 170 Å². The van der Waals surface area contributed by atoms with Gasteiger partial charge < -0.3 is 11.2 Å². The third kappa shape index (κ3) is 3.45. The maximum absolute atomic E-state index is 12.3. The molecule has 21 heavy (non-hydrogen) atoms. The fourth-order valence-electron chi connectivity index (χ4n) is 1.49. The van der Waals surface area contributed by atoms with E-state index in [-0.39, 0.29) is 5.69 Å². The van der Waals surface area contributed by atoms with E-state index in [0.717, 1.165) is 6.07 Å². The van der Waals surface area contributed by atoms with E-state index in [0.29, 0.717) is 0 Å². The van der Waals surface area contributed by atoms with Gasteiger partial charge in [0.1, 0.15) is 11.2 Å². The van der Waals surface area contributed by atoms with Gasteiger partial charge in [-0.3, -0.25) is 20.8 Å². The Morgan fingerprint density at radius 1 is 1.38 bits per heavy atom. The molecule has 0 aromatic heterocycles. The first-order valence-corrected chi connectivity index (χ1v) is 7.09. The Balaban J connectivity index is 3.46. The van der Waals surface area contributed by atoms with Gasteiger partial charge in [-0.2, -0.15) is 4.72 Å². The van der Waals surface area contributed by atoms with Crippen molar-refractivity contribution >= 4 is 27.3 Å². The molecule has 0 saturated heterocycles. The predicted molar refractivity (Wildman–Crippen MR) is 74.5 cm³/mol. The van der Waals surface area contributed by atoms with E-state index in [4.69, 9.17) is 11.6 Å². The number of nitro benzene ring substituents is 1. The van der Waals surface area contributed by atoms with Gasteiger partial charge in [-0.05, 0) is 26.0 Å². The molecule has 1 aromatic carbocycles. The number of nitrogens with one attached hydrogen (secondary N) is 2. The zero-order valence-corrected chi connectivity index (χ0v) is 12.1. The van der Waals surface area contributed by atoms with Crippen LogP contribution in [0.15, 0.2) is 23.1 Å². The maximum atomic E-state index is 12.3. The lowest BCUT2D eigenvalue weighted by atomic mass is 10.1. The third-order valence-corrected chi connectivity index (χ3v) is 4.32. The van der Waals surface area contributed by atoms with Crippen molar-refractivity contribution in [2.24, 2.45) is 11.6 Å². The minimum absolute atomic E-state index is 0.181. The number of para-hydroxylation sites is 1. The number of sulfonamides is 1. The molecular weight excluding hydrogens is 302 g/mol. The molecule has 116 valence electrons. The maximum Gasteiger partial charge on any atom is 0.313 e. The monoisotopic (exact) mass is 317 g/mol. The minimum Gasteiger partial charge on any atom is -0.368 e. The Kier molecular flexibility index (Phi) is 4.51. The number of hydrogen-bond acceptors (Lipinski definition) is 7. The predicted octanol–water partition coefficient (Wildman–Crippen LogP) is -0.577. The van der Waals surface area contributed by atoms with Gasteiger partial charge in [0.15, 0.2) is 4.90 Å². The molecule has 0 spiro atoms. The van der Waals surface area contributed by atoms with Crippen LogP contribution in [-0.2, 0) is 14.8 Å². The van der Waals surface area contributed by atoms with E-state index in [1.807, 2.05) is 10.1 Å². The van der Waals surface area contributed by atoms with Crippen LogP contribution in [0.3, 0.4) is 0 Å². The molecule has 0 atom stereocenters. The molecule has 6 N–H and O–H groups in total. The average molecular weight is 317 g/mol. The number of benzene rings is 1. The van der Waals surface area contributed by atoms with E-state index < -0.39 is 37.0 Å². The average Bonchev–Trinajstić information content (AvgIpc) is 2.36. The number of amides is 1. The van der Waals surface area contributed by atoms with Crippen LogP contribution in [-0.4, -0.2) is 24.8 Å². The molecule has 1 amide bonds. The summed E-state index contributed by atoms with van der Waals surface area (Å²) in [6.45, 7) is 2.48. The normalized spacial score (nSPS) is 12.0. The Morgan fingerprint density at radius 2 is 1.95 bits per heavy atom. The van der Waals surface area contributed by atoms with Crippen molar-refractivity contribution in [3.8, 4) is 0 Å². The molecule has 0 radical (unpaired) electrons. The highest BCUT2D eigenvalue weighted by molar-refractivity contribution is 7.89. The van der Waals surface area contributed by atoms with Crippen LogP contribution < -0.4 is 21.7 Å². The van der Waals surface area contributed by atoms with Gasteiger partial charge in [0.05, 0.1) is 4.92 Å². The first kappa shape index (κ1) is 16.8. The molecule has 0 bridgehead atoms. The molecule has 11 heteroatoms. The third-order valence-electron chi connectivity index (χ3n) is 2.63. The quantitative estimate of drug-likeness (QED) is 0.309. The van der Waals surface area contributed by atoms with Crippen LogP contribution in [0.25, 0.3) is 0 Å². The summed E-state index contributed by atoms with van der Waals surface area (Å²) in [5.74, 6) is 4.20. The van der Waals surface area contributed by atoms with Crippen molar-refractivity contribution in [3.05, 3.63) is 28.3 Å². The lowest BCUT2D eigenvalue weighted by Gasteiger charge is -2.22. The first-order valence-electron chi connectivity index (χ1n) is 5.61. The number of carbonyl (C=O) groups is 1. The molecular formula is C10H15N5O5S. The van der Waals surface area contributed by atoms with Crippen molar-refractivity contribution in [1.29, 1.82) is 0 Å². The number of nitrogen functional groups attached to an aromatic ring is 1. The molecule has 0 heterocycles. The number of anilines is 1. The number of rotatable bonds is 6. The minimum atomic E-state index is -4.36. The van der Waals surface area contributed by atoms with E-state index in [1.54, 1.807) is 0 Å². The molecule has 0 aliphatic heterocycles. The largest absolute Gasteiger partial charge is 0.368 e. The van der Waals surface area contributed by atoms with Crippen LogP contribution >= 0.6 is 0 Å². The van der Waals surface area contributed by atoms with Crippen LogP contribution in [0.1, 0.15) is 13.8 Å². The summed E-state index contributed by atoms with van der Waals surface area (Å²) in [6.07, 6.45) is 0. The smallest absolute Gasteiger partial charge is 0.313 e. The number of primary amides is 1. The van der Waals surface area contributed by atoms with Crippen LogP contribution in [0.2, 0.25) is 0 Å². The zero-order valence-electron chi connectivity index (χ0n) is 11.3. The van der Waals surface area contributed by atoms with Crippen LogP contribution in [0.5, 0.6) is 0 Å². The van der Waals surface area contributed by atoms with E-state index in [2.05, 4.69) is 0 Å². The molecule has 0 aliphatic carbocycles. The Labute approximate surface area is 120 Å². The number of hydrogen-bond donors (Lipinski definition) is 4. The lowest BCUT2D eigenvalue weighted by molar-refractivity contribution is -0.386. The van der Waals surface area contributed by atoms with Crippen molar-refractivity contribution in [1.82, 2.24) is 4.72 Å². The summed E-state index contributed by atoms with van der Waals surface area (Å²) < 4.78 is 26.5. The van der Waals surface area contributed by atoms with Gasteiger partial charge in [-0.15, -0.1) is 0 Å². The second-order valence-electron chi connectivity index (χ2n) is 4.65. The van der Waals surface area contributed by atoms with Gasteiger partial charge in [0.2, 0.25) is 15.9 Å². The van der Waals surface area contributed by atoms with E-state index in [9.17, 15) is 23.3 Å². The standard InChI is InChI=1S/C10H15N5O5S/c1-10(2,9(11)16)14-21(19,20)7-5-3-4-6(13-12)8(7)15(17)18/h3-5,13-14H,12H2,1-2H3,(H2,11,16). The molecule has 0 fully saturated rings. The second-order valence-corrected chi connectivity index (χ2v) is 6.30. The Bertz CT molecular complexity index is 685. The summed E-state index contributed by atoms with van der Waals surface area (Å²) >= 11 is 0. The first-order chi connectivity index (χ1) is 9.53. The van der Waals surface area contributed by atoms with Crippen LogP contribution in [0, 0.1) is 10.1 Å². The number of nitrogens with zero attached hydrogens (tertiary/aromatic N) is 1. The number of hydrazine groups is 1. The fourth-order valence-corrected chi connectivity index (χ4v) is 3.06. The van der Waals surface area contributed by atoms with Gasteiger partial charge >= 0.3 is 5.69 Å². The van der Waals surface area contributed by atoms with Crippen molar-refractivity contribution < 1.29 is 18.1 Å². The lowest BCUT2D eigenvalue weighted by Crippen LogP contribution is -2.52. The fraction of sp³-hybridized carbons (Fsp3) is 0.300. The number of nitrogens with two attached hydrogens (primary N) is 2. The number of nitro groups is 1. The summed E-state index contributed by atoms with van der Waals surface area (Å²) in [6, 6.07) is 3.54.